The summed E-state index contributed by atoms with van der Waals surface area (Å²) in [4.78, 5) is 70.7. The molecule has 4 amide bonds. The van der Waals surface area contributed by atoms with Gasteiger partial charge in [0, 0.05) is 6.42 Å². The Kier molecular flexibility index (Phi) is 14.1. The number of carboxylic acid groups (broad SMARTS) is 2. The molecule has 0 rings (SSSR count). The fourth-order valence-corrected chi connectivity index (χ4v) is 2.89. The molecule has 0 aliphatic heterocycles. The molecule has 13 heteroatoms. The molecular formula is C21H37N5O8. The molecule has 0 fully saturated rings. The highest BCUT2D eigenvalue weighted by atomic mass is 16.4. The van der Waals surface area contributed by atoms with Gasteiger partial charge in [-0.3, -0.25) is 28.8 Å². The smallest absolute Gasteiger partial charge is 0.322 e. The standard InChI is InChI=1S/C21H37N5O8/c1-11(2)7-14(20(33)24-9-16(27)23-10-18(30)31)26-21(34)15(8-12(3)4)25-19(32)13(22)5-6-17(28)29/h11-15H,5-10,22H2,1-4H3,(H,23,27)(H,24,33)(H,25,32)(H,26,34)(H,28,29)(H,30,31)/t13-,14-,15-/m0/s1. The second-order valence-electron chi connectivity index (χ2n) is 8.81. The maximum atomic E-state index is 12.9. The number of carboxylic acids is 2. The lowest BCUT2D eigenvalue weighted by Gasteiger charge is -2.26. The molecule has 194 valence electrons. The van der Waals surface area contributed by atoms with Crippen molar-refractivity contribution in [1.82, 2.24) is 21.3 Å². The monoisotopic (exact) mass is 487 g/mol. The van der Waals surface area contributed by atoms with Gasteiger partial charge < -0.3 is 37.2 Å². The van der Waals surface area contributed by atoms with E-state index in [0.29, 0.717) is 0 Å². The van der Waals surface area contributed by atoms with Gasteiger partial charge in [-0.2, -0.15) is 0 Å². The Morgan fingerprint density at radius 1 is 0.706 bits per heavy atom. The van der Waals surface area contributed by atoms with Gasteiger partial charge in [0.15, 0.2) is 0 Å². The number of nitrogens with two attached hydrogens (primary N) is 1. The highest BCUT2D eigenvalue weighted by Gasteiger charge is 2.29. The van der Waals surface area contributed by atoms with E-state index in [1.165, 1.54) is 0 Å². The Morgan fingerprint density at radius 2 is 1.21 bits per heavy atom. The van der Waals surface area contributed by atoms with Crippen molar-refractivity contribution in [2.24, 2.45) is 17.6 Å². The molecule has 0 saturated heterocycles. The molecule has 8 N–H and O–H groups in total. The molecule has 0 spiro atoms. The lowest BCUT2D eigenvalue weighted by molar-refractivity contribution is -0.138. The molecule has 0 aromatic rings. The third-order valence-electron chi connectivity index (χ3n) is 4.55. The zero-order chi connectivity index (χ0) is 26.4. The second-order valence-corrected chi connectivity index (χ2v) is 8.81. The van der Waals surface area contributed by atoms with Crippen LogP contribution in [0.5, 0.6) is 0 Å². The number of carbonyl (C=O) groups excluding carboxylic acids is 4. The van der Waals surface area contributed by atoms with E-state index in [2.05, 4.69) is 21.3 Å². The Labute approximate surface area is 198 Å². The van der Waals surface area contributed by atoms with E-state index in [0.717, 1.165) is 0 Å². The van der Waals surface area contributed by atoms with Gasteiger partial charge in [0.2, 0.25) is 23.6 Å². The Balaban J connectivity index is 5.21. The third-order valence-corrected chi connectivity index (χ3v) is 4.55. The van der Waals surface area contributed by atoms with Crippen LogP contribution in [-0.2, 0) is 28.8 Å². The van der Waals surface area contributed by atoms with E-state index in [4.69, 9.17) is 15.9 Å². The van der Waals surface area contributed by atoms with E-state index >= 15 is 0 Å². The zero-order valence-electron chi connectivity index (χ0n) is 20.1. The van der Waals surface area contributed by atoms with Gasteiger partial charge in [-0.05, 0) is 31.1 Å². The Bertz CT molecular complexity index is 741. The maximum Gasteiger partial charge on any atom is 0.322 e. The van der Waals surface area contributed by atoms with Crippen molar-refractivity contribution >= 4 is 35.6 Å². The zero-order valence-corrected chi connectivity index (χ0v) is 20.1. The van der Waals surface area contributed by atoms with Gasteiger partial charge in [-0.1, -0.05) is 27.7 Å². The van der Waals surface area contributed by atoms with Crippen molar-refractivity contribution < 1.29 is 39.0 Å². The van der Waals surface area contributed by atoms with E-state index in [1.54, 1.807) is 0 Å². The van der Waals surface area contributed by atoms with Gasteiger partial charge in [-0.25, -0.2) is 0 Å². The molecule has 3 atom stereocenters. The molecule has 0 aromatic heterocycles. The molecule has 13 nitrogen and oxygen atoms in total. The second kappa shape index (κ2) is 15.6. The highest BCUT2D eigenvalue weighted by Crippen LogP contribution is 2.09. The van der Waals surface area contributed by atoms with Crippen molar-refractivity contribution in [2.75, 3.05) is 13.1 Å². The van der Waals surface area contributed by atoms with Crippen LogP contribution in [0.2, 0.25) is 0 Å². The van der Waals surface area contributed by atoms with Gasteiger partial charge >= 0.3 is 11.9 Å². The average molecular weight is 488 g/mol. The van der Waals surface area contributed by atoms with Crippen molar-refractivity contribution in [2.45, 2.75) is 71.5 Å². The minimum Gasteiger partial charge on any atom is -0.481 e. The Morgan fingerprint density at radius 3 is 1.68 bits per heavy atom. The first-order valence-electron chi connectivity index (χ1n) is 11.1. The summed E-state index contributed by atoms with van der Waals surface area (Å²) in [5.74, 6) is -4.97. The van der Waals surface area contributed by atoms with Gasteiger partial charge in [0.1, 0.15) is 18.6 Å². The van der Waals surface area contributed by atoms with Crippen LogP contribution >= 0.6 is 0 Å². The van der Waals surface area contributed by atoms with Gasteiger partial charge in [0.25, 0.3) is 0 Å². The molecule has 0 aromatic carbocycles. The molecular weight excluding hydrogens is 450 g/mol. The minimum absolute atomic E-state index is 0.000493. The number of aliphatic carboxylic acids is 2. The van der Waals surface area contributed by atoms with Crippen LogP contribution in [0.25, 0.3) is 0 Å². The van der Waals surface area contributed by atoms with Crippen molar-refractivity contribution in [3.8, 4) is 0 Å². The number of rotatable bonds is 16. The van der Waals surface area contributed by atoms with Crippen LogP contribution in [0, 0.1) is 11.8 Å². The fourth-order valence-electron chi connectivity index (χ4n) is 2.89. The van der Waals surface area contributed by atoms with E-state index < -0.39 is 66.8 Å². The Hall–Kier alpha value is -3.22. The predicted molar refractivity (Wildman–Crippen MR) is 121 cm³/mol. The predicted octanol–water partition coefficient (Wildman–Crippen LogP) is -1.44. The highest BCUT2D eigenvalue weighted by molar-refractivity contribution is 5.94. The van der Waals surface area contributed by atoms with Crippen molar-refractivity contribution in [3.63, 3.8) is 0 Å². The summed E-state index contributed by atoms with van der Waals surface area (Å²) in [6.45, 7) is 6.28. The van der Waals surface area contributed by atoms with Crippen LogP contribution in [0.3, 0.4) is 0 Å². The maximum absolute atomic E-state index is 12.9. The van der Waals surface area contributed by atoms with Crippen molar-refractivity contribution in [3.05, 3.63) is 0 Å². The molecule has 0 radical (unpaired) electrons. The molecule has 0 saturated carbocycles. The summed E-state index contributed by atoms with van der Waals surface area (Å²) < 4.78 is 0. The lowest BCUT2D eigenvalue weighted by atomic mass is 9.99. The van der Waals surface area contributed by atoms with Crippen LogP contribution in [-0.4, -0.2) is 77.0 Å². The number of amides is 4. The van der Waals surface area contributed by atoms with Crippen LogP contribution in [0.1, 0.15) is 53.4 Å². The van der Waals surface area contributed by atoms with E-state index in [9.17, 15) is 28.8 Å². The van der Waals surface area contributed by atoms with E-state index in [-0.39, 0.29) is 37.5 Å². The number of carbonyl (C=O) groups is 6. The summed E-state index contributed by atoms with van der Waals surface area (Å²) in [6.07, 6.45) is 0.0947. The largest absolute Gasteiger partial charge is 0.481 e. The topological polar surface area (TPSA) is 217 Å². The molecule has 0 bridgehead atoms. The summed E-state index contributed by atoms with van der Waals surface area (Å²) in [5, 5.41) is 26.9. The fraction of sp³-hybridized carbons (Fsp3) is 0.714. The molecule has 0 aliphatic carbocycles. The average Bonchev–Trinajstić information content (AvgIpc) is 2.72. The summed E-state index contributed by atoms with van der Waals surface area (Å²) in [7, 11) is 0. The molecule has 0 heterocycles. The summed E-state index contributed by atoms with van der Waals surface area (Å²) >= 11 is 0. The van der Waals surface area contributed by atoms with Crippen LogP contribution < -0.4 is 27.0 Å². The first-order valence-corrected chi connectivity index (χ1v) is 11.1. The van der Waals surface area contributed by atoms with Crippen LogP contribution in [0.4, 0.5) is 0 Å². The molecule has 34 heavy (non-hydrogen) atoms. The normalized spacial score (nSPS) is 13.5. The molecule has 0 unspecified atom stereocenters. The first kappa shape index (κ1) is 30.8. The summed E-state index contributed by atoms with van der Waals surface area (Å²) in [5.41, 5.74) is 5.73. The van der Waals surface area contributed by atoms with E-state index in [1.807, 2.05) is 27.7 Å². The van der Waals surface area contributed by atoms with Gasteiger partial charge in [0.05, 0.1) is 12.6 Å². The quantitative estimate of drug-likeness (QED) is 0.135. The number of hydrogen-bond donors (Lipinski definition) is 7. The first-order chi connectivity index (χ1) is 15.7. The number of nitrogens with one attached hydrogen (secondary N) is 4. The van der Waals surface area contributed by atoms with Crippen LogP contribution in [0.15, 0.2) is 0 Å². The SMILES string of the molecule is CC(C)C[C@H](NC(=O)[C@H](CC(C)C)NC(=O)[C@@H](N)CCC(=O)O)C(=O)NCC(=O)NCC(=O)O. The molecule has 0 aliphatic rings. The lowest BCUT2D eigenvalue weighted by Crippen LogP contribution is -2.56. The number of hydrogen-bond acceptors (Lipinski definition) is 7. The van der Waals surface area contributed by atoms with Crippen molar-refractivity contribution in [1.29, 1.82) is 0 Å². The summed E-state index contributed by atoms with van der Waals surface area (Å²) in [6, 6.07) is -3.13. The minimum atomic E-state index is -1.23. The van der Waals surface area contributed by atoms with Gasteiger partial charge in [-0.15, -0.1) is 0 Å². The third kappa shape index (κ3) is 14.0.